The fourth-order valence-corrected chi connectivity index (χ4v) is 0.622. The fourth-order valence-electron chi connectivity index (χ4n) is 0.364. The summed E-state index contributed by atoms with van der Waals surface area (Å²) in [4.78, 5) is 9.82. The minimum absolute atomic E-state index is 0.0370. The molecule has 0 fully saturated rings. The Bertz CT molecular complexity index is 54.0. The summed E-state index contributed by atoms with van der Waals surface area (Å²) in [7, 11) is 0. The Kier molecular flexibility index (Phi) is 4.20. The van der Waals surface area contributed by atoms with E-state index in [1.807, 2.05) is 6.92 Å². The van der Waals surface area contributed by atoms with Crippen LogP contribution in [0, 0.1) is 0 Å². The van der Waals surface area contributed by atoms with E-state index in [1.165, 1.54) is 0 Å². The van der Waals surface area contributed by atoms with Gasteiger partial charge < -0.3 is 4.79 Å². The first kappa shape index (κ1) is 7.02. The van der Waals surface area contributed by atoms with Crippen molar-refractivity contribution in [3.05, 3.63) is 0 Å². The van der Waals surface area contributed by atoms with Crippen LogP contribution < -0.4 is 0 Å². The second-order valence-electron chi connectivity index (χ2n) is 1.49. The van der Waals surface area contributed by atoms with Crippen LogP contribution in [0.25, 0.3) is 0 Å². The molecular weight excluding hydrogens is 108 g/mol. The molecule has 0 radical (unpaired) electrons. The molecule has 42 valence electrons. The molecule has 0 heterocycles. The van der Waals surface area contributed by atoms with Crippen LogP contribution >= 0.6 is 12.6 Å². The van der Waals surface area contributed by atoms with Crippen LogP contribution in [-0.2, 0) is 4.79 Å². The molecule has 0 aromatic heterocycles. The van der Waals surface area contributed by atoms with Crippen molar-refractivity contribution in [2.24, 2.45) is 0 Å². The summed E-state index contributed by atoms with van der Waals surface area (Å²) < 4.78 is 0. The molecule has 0 N–H and O–H groups in total. The van der Waals surface area contributed by atoms with E-state index in [2.05, 4.69) is 12.6 Å². The first-order chi connectivity index (χ1) is 3.31. The van der Waals surface area contributed by atoms with Gasteiger partial charge in [0.25, 0.3) is 0 Å². The summed E-state index contributed by atoms with van der Waals surface area (Å²) in [5, 5.41) is -0.0370. The van der Waals surface area contributed by atoms with E-state index in [9.17, 15) is 4.79 Å². The van der Waals surface area contributed by atoms with Crippen molar-refractivity contribution < 1.29 is 4.79 Å². The molecule has 0 aliphatic carbocycles. The zero-order chi connectivity index (χ0) is 5.70. The van der Waals surface area contributed by atoms with Crippen molar-refractivity contribution in [3.63, 3.8) is 0 Å². The minimum Gasteiger partial charge on any atom is -0.302 e. The third kappa shape index (κ3) is 3.86. The third-order valence-electron chi connectivity index (χ3n) is 0.742. The molecule has 0 amide bonds. The van der Waals surface area contributed by atoms with Crippen LogP contribution in [0.3, 0.4) is 0 Å². The summed E-state index contributed by atoms with van der Waals surface area (Å²) in [6.07, 6.45) is 2.80. The molecule has 7 heavy (non-hydrogen) atoms. The van der Waals surface area contributed by atoms with E-state index in [0.29, 0.717) is 0 Å². The fraction of sp³-hybridized carbons (Fsp3) is 0.800. The van der Waals surface area contributed by atoms with Gasteiger partial charge in [-0.05, 0) is 6.42 Å². The zero-order valence-electron chi connectivity index (χ0n) is 4.42. The molecule has 0 saturated carbocycles. The maximum absolute atomic E-state index is 9.82. The van der Waals surface area contributed by atoms with Crippen molar-refractivity contribution in [1.82, 2.24) is 0 Å². The van der Waals surface area contributed by atoms with Crippen LogP contribution in [0.5, 0.6) is 0 Å². The van der Waals surface area contributed by atoms with Gasteiger partial charge in [-0.3, -0.25) is 0 Å². The lowest BCUT2D eigenvalue weighted by atomic mass is 10.3. The predicted octanol–water partition coefficient (Wildman–Crippen LogP) is 1.28. The number of hydrogen-bond donors (Lipinski definition) is 1. The largest absolute Gasteiger partial charge is 0.302 e. The lowest BCUT2D eigenvalue weighted by Crippen LogP contribution is -1.96. The van der Waals surface area contributed by atoms with Gasteiger partial charge in [0.1, 0.15) is 6.29 Å². The number of rotatable bonds is 3. The molecule has 0 spiro atoms. The lowest BCUT2D eigenvalue weighted by Gasteiger charge is -1.94. The Morgan fingerprint density at radius 2 is 2.43 bits per heavy atom. The lowest BCUT2D eigenvalue weighted by molar-refractivity contribution is -0.107. The van der Waals surface area contributed by atoms with Gasteiger partial charge in [0, 0.05) is 0 Å². The van der Waals surface area contributed by atoms with Gasteiger partial charge in [0.2, 0.25) is 0 Å². The molecular formula is C5H10OS. The second-order valence-corrected chi connectivity index (χ2v) is 2.16. The highest BCUT2D eigenvalue weighted by molar-refractivity contribution is 7.81. The van der Waals surface area contributed by atoms with Gasteiger partial charge in [-0.2, -0.15) is 12.6 Å². The average molecular weight is 118 g/mol. The second kappa shape index (κ2) is 4.19. The highest BCUT2D eigenvalue weighted by Crippen LogP contribution is 1.98. The van der Waals surface area contributed by atoms with Gasteiger partial charge >= 0.3 is 0 Å². The van der Waals surface area contributed by atoms with Gasteiger partial charge in [-0.1, -0.05) is 13.3 Å². The van der Waals surface area contributed by atoms with E-state index in [4.69, 9.17) is 0 Å². The summed E-state index contributed by atoms with van der Waals surface area (Å²) in [6.45, 7) is 2.03. The van der Waals surface area contributed by atoms with Crippen molar-refractivity contribution >= 4 is 18.9 Å². The normalized spacial score (nSPS) is 13.4. The van der Waals surface area contributed by atoms with Gasteiger partial charge in [-0.25, -0.2) is 0 Å². The molecule has 0 aliphatic rings. The van der Waals surface area contributed by atoms with Crippen LogP contribution in [-0.4, -0.2) is 11.5 Å². The molecule has 2 heteroatoms. The monoisotopic (exact) mass is 118 g/mol. The van der Waals surface area contributed by atoms with E-state index in [0.717, 1.165) is 19.1 Å². The first-order valence-electron chi connectivity index (χ1n) is 2.44. The van der Waals surface area contributed by atoms with E-state index in [1.54, 1.807) is 0 Å². The van der Waals surface area contributed by atoms with Crippen LogP contribution in [0.2, 0.25) is 0 Å². The van der Waals surface area contributed by atoms with Crippen molar-refractivity contribution in [1.29, 1.82) is 0 Å². The van der Waals surface area contributed by atoms with Crippen molar-refractivity contribution in [2.45, 2.75) is 25.0 Å². The minimum atomic E-state index is -0.0370. The molecule has 0 aromatic carbocycles. The number of aldehydes is 1. The quantitative estimate of drug-likeness (QED) is 0.436. The Labute approximate surface area is 49.5 Å². The number of carbonyl (C=O) groups excluding carboxylic acids is 1. The Morgan fingerprint density at radius 3 is 2.57 bits per heavy atom. The highest BCUT2D eigenvalue weighted by atomic mass is 32.1. The predicted molar refractivity (Wildman–Crippen MR) is 33.7 cm³/mol. The average Bonchev–Trinajstić information content (AvgIpc) is 1.68. The van der Waals surface area contributed by atoms with Crippen LogP contribution in [0.15, 0.2) is 0 Å². The maximum Gasteiger partial charge on any atom is 0.132 e. The SMILES string of the molecule is CCCC(S)C=O. The third-order valence-corrected chi connectivity index (χ3v) is 1.12. The molecule has 0 aliphatic heterocycles. The van der Waals surface area contributed by atoms with Gasteiger partial charge in [0.05, 0.1) is 5.25 Å². The molecule has 0 saturated heterocycles. The first-order valence-corrected chi connectivity index (χ1v) is 2.96. The molecule has 0 rings (SSSR count). The number of thiol groups is 1. The summed E-state index contributed by atoms with van der Waals surface area (Å²) >= 11 is 3.94. The van der Waals surface area contributed by atoms with E-state index < -0.39 is 0 Å². The Balaban J connectivity index is 2.98. The topological polar surface area (TPSA) is 17.1 Å². The summed E-state index contributed by atoms with van der Waals surface area (Å²) in [6, 6.07) is 0. The van der Waals surface area contributed by atoms with E-state index in [-0.39, 0.29) is 5.25 Å². The van der Waals surface area contributed by atoms with Crippen molar-refractivity contribution in [2.75, 3.05) is 0 Å². The molecule has 1 atom stereocenters. The summed E-state index contributed by atoms with van der Waals surface area (Å²) in [5.41, 5.74) is 0. The van der Waals surface area contributed by atoms with Gasteiger partial charge in [0.15, 0.2) is 0 Å². The Hall–Kier alpha value is 0.0200. The molecule has 1 nitrogen and oxygen atoms in total. The molecule has 0 bridgehead atoms. The zero-order valence-corrected chi connectivity index (χ0v) is 5.32. The highest BCUT2D eigenvalue weighted by Gasteiger charge is 1.94. The van der Waals surface area contributed by atoms with Gasteiger partial charge in [-0.15, -0.1) is 0 Å². The Morgan fingerprint density at radius 1 is 1.86 bits per heavy atom. The smallest absolute Gasteiger partial charge is 0.132 e. The van der Waals surface area contributed by atoms with Crippen LogP contribution in [0.4, 0.5) is 0 Å². The van der Waals surface area contributed by atoms with E-state index >= 15 is 0 Å². The number of carbonyl (C=O) groups is 1. The molecule has 1 unspecified atom stereocenters. The maximum atomic E-state index is 9.82. The summed E-state index contributed by atoms with van der Waals surface area (Å²) in [5.74, 6) is 0. The number of hydrogen-bond acceptors (Lipinski definition) is 2. The molecule has 0 aromatic rings. The van der Waals surface area contributed by atoms with Crippen LogP contribution in [0.1, 0.15) is 19.8 Å². The van der Waals surface area contributed by atoms with Crippen molar-refractivity contribution in [3.8, 4) is 0 Å². The standard InChI is InChI=1S/C5H10OS/c1-2-3-5(7)4-6/h4-5,7H,2-3H2,1H3.